The fraction of sp³-hybridized carbons (Fsp3) is 0.150. The van der Waals surface area contributed by atoms with E-state index in [0.717, 1.165) is 16.5 Å². The number of alkyl halides is 3. The highest BCUT2D eigenvalue weighted by atomic mass is 19.4. The lowest BCUT2D eigenvalue weighted by Crippen LogP contribution is -2.25. The Balaban J connectivity index is 1.83. The number of aromatic nitrogens is 3. The Bertz CT molecular complexity index is 1300. The molecule has 4 rings (SSSR count). The maximum atomic E-state index is 12.4. The molecule has 4 N–H and O–H groups in total. The van der Waals surface area contributed by atoms with Gasteiger partial charge in [0.05, 0.1) is 16.4 Å². The summed E-state index contributed by atoms with van der Waals surface area (Å²) >= 11 is 0. The summed E-state index contributed by atoms with van der Waals surface area (Å²) in [5, 5.41) is 1.48. The topological polar surface area (TPSA) is 109 Å². The van der Waals surface area contributed by atoms with Crippen LogP contribution in [-0.2, 0) is 23.2 Å². The van der Waals surface area contributed by atoms with Crippen LogP contribution in [0.4, 0.5) is 24.9 Å². The van der Waals surface area contributed by atoms with Gasteiger partial charge in [0.25, 0.3) is 0 Å². The second-order valence-electron chi connectivity index (χ2n) is 6.75. The molecule has 0 amide bonds. The highest BCUT2D eigenvalue weighted by Gasteiger charge is 2.40. The van der Waals surface area contributed by atoms with Crippen LogP contribution in [-0.4, -0.2) is 26.7 Å². The second kappa shape index (κ2) is 6.90. The third-order valence-electron chi connectivity index (χ3n) is 4.70. The van der Waals surface area contributed by atoms with Crippen molar-refractivity contribution in [1.82, 2.24) is 14.5 Å². The van der Waals surface area contributed by atoms with Gasteiger partial charge in [0.2, 0.25) is 5.95 Å². The monoisotopic (exact) mass is 415 g/mol. The van der Waals surface area contributed by atoms with Crippen LogP contribution in [0.2, 0.25) is 0 Å². The van der Waals surface area contributed by atoms with Gasteiger partial charge in [0.1, 0.15) is 12.4 Å². The molecule has 0 aliphatic rings. The normalized spacial score (nSPS) is 11.9. The molecular weight excluding hydrogens is 399 g/mol. The van der Waals surface area contributed by atoms with Crippen molar-refractivity contribution in [3.05, 3.63) is 48.2 Å². The number of hydrogen-bond donors (Lipinski definition) is 2. The van der Waals surface area contributed by atoms with Gasteiger partial charge in [-0.2, -0.15) is 18.2 Å². The maximum absolute atomic E-state index is 12.4. The maximum Gasteiger partial charge on any atom is 0.490 e. The Hall–Kier alpha value is -3.82. The van der Waals surface area contributed by atoms with Crippen molar-refractivity contribution < 1.29 is 22.7 Å². The molecule has 0 fully saturated rings. The first-order valence-corrected chi connectivity index (χ1v) is 8.79. The molecule has 0 aliphatic carbocycles. The smallest absolute Gasteiger partial charge is 0.454 e. The van der Waals surface area contributed by atoms with Crippen LogP contribution >= 0.6 is 0 Å². The molecule has 2 heterocycles. The molecule has 30 heavy (non-hydrogen) atoms. The molecule has 0 saturated carbocycles. The van der Waals surface area contributed by atoms with Gasteiger partial charge in [-0.05, 0) is 29.3 Å². The molecule has 7 nitrogen and oxygen atoms in total. The van der Waals surface area contributed by atoms with E-state index in [2.05, 4.69) is 14.7 Å². The molecule has 0 saturated heterocycles. The number of nitrogens with two attached hydrogens (primary N) is 2. The van der Waals surface area contributed by atoms with Crippen molar-refractivity contribution in [2.24, 2.45) is 7.05 Å². The van der Waals surface area contributed by atoms with Crippen LogP contribution in [0, 0.1) is 0 Å². The minimum Gasteiger partial charge on any atom is -0.454 e. The van der Waals surface area contributed by atoms with Crippen LogP contribution in [0.5, 0.6) is 0 Å². The van der Waals surface area contributed by atoms with Gasteiger partial charge in [-0.3, -0.25) is 0 Å². The van der Waals surface area contributed by atoms with E-state index in [1.807, 2.05) is 23.9 Å². The molecule has 0 radical (unpaired) electrons. The molecule has 0 bridgehead atoms. The van der Waals surface area contributed by atoms with Crippen molar-refractivity contribution in [3.63, 3.8) is 0 Å². The van der Waals surface area contributed by atoms with Gasteiger partial charge in [-0.15, -0.1) is 0 Å². The summed E-state index contributed by atoms with van der Waals surface area (Å²) in [4.78, 5) is 19.3. The molecule has 4 aromatic rings. The van der Waals surface area contributed by atoms with Gasteiger partial charge in [0, 0.05) is 24.2 Å². The lowest BCUT2D eigenvalue weighted by Gasteiger charge is -2.12. The number of esters is 1. The minimum atomic E-state index is -5.04. The summed E-state index contributed by atoms with van der Waals surface area (Å²) in [6.45, 7) is -0.502. The molecule has 0 aliphatic heterocycles. The number of hydrogen-bond acceptors (Lipinski definition) is 6. The summed E-state index contributed by atoms with van der Waals surface area (Å²) in [6, 6.07) is 10.4. The summed E-state index contributed by atoms with van der Waals surface area (Å²) in [5.74, 6) is -1.94. The van der Waals surface area contributed by atoms with E-state index in [0.29, 0.717) is 22.0 Å². The molecule has 2 aromatic heterocycles. The molecule has 0 unspecified atom stereocenters. The molecule has 0 atom stereocenters. The number of aryl methyl sites for hydroxylation is 1. The zero-order valence-electron chi connectivity index (χ0n) is 15.7. The number of fused-ring (bicyclic) bond motifs is 3. The highest BCUT2D eigenvalue weighted by Crippen LogP contribution is 2.37. The number of halogens is 3. The van der Waals surface area contributed by atoms with Gasteiger partial charge >= 0.3 is 12.1 Å². The van der Waals surface area contributed by atoms with Crippen LogP contribution in [0.3, 0.4) is 0 Å². The number of rotatable bonds is 3. The van der Waals surface area contributed by atoms with Gasteiger partial charge in [0.15, 0.2) is 0 Å². The van der Waals surface area contributed by atoms with E-state index in [1.54, 1.807) is 30.3 Å². The lowest BCUT2D eigenvalue weighted by molar-refractivity contribution is -0.201. The summed E-state index contributed by atoms with van der Waals surface area (Å²) in [5.41, 5.74) is 15.1. The van der Waals surface area contributed by atoms with Crippen molar-refractivity contribution in [3.8, 4) is 11.1 Å². The molecule has 154 valence electrons. The zero-order valence-corrected chi connectivity index (χ0v) is 15.7. The standard InChI is InChI=1S/C20H16F3N5O2/c1-28-6-5-12-15-14(26-19(25)27-17(15)24)8-13(16(12)28)11-4-2-3-10(7-11)9-30-18(29)20(21,22)23/h2-8H,9H2,1H3,(H4,24,25,26,27). The molecule has 2 aromatic carbocycles. The van der Waals surface area contributed by atoms with E-state index in [1.165, 1.54) is 0 Å². The Morgan fingerprint density at radius 2 is 1.93 bits per heavy atom. The molecule has 10 heteroatoms. The second-order valence-corrected chi connectivity index (χ2v) is 6.75. The SMILES string of the molecule is Cn1ccc2c3c(N)nc(N)nc3cc(-c3cccc(COC(=O)C(F)(F)F)c3)c21. The average Bonchev–Trinajstić information content (AvgIpc) is 3.06. The van der Waals surface area contributed by atoms with Crippen molar-refractivity contribution >= 4 is 39.5 Å². The lowest BCUT2D eigenvalue weighted by atomic mass is 9.98. The predicted octanol–water partition coefficient (Wildman–Crippen LogP) is 3.56. The highest BCUT2D eigenvalue weighted by molar-refractivity contribution is 6.15. The van der Waals surface area contributed by atoms with Crippen LogP contribution < -0.4 is 11.5 Å². The van der Waals surface area contributed by atoms with E-state index in [-0.39, 0.29) is 11.8 Å². The number of carbonyl (C=O) groups is 1. The number of carbonyl (C=O) groups excluding carboxylic acids is 1. The summed E-state index contributed by atoms with van der Waals surface area (Å²) in [7, 11) is 1.86. The van der Waals surface area contributed by atoms with Crippen molar-refractivity contribution in [2.45, 2.75) is 12.8 Å². The van der Waals surface area contributed by atoms with Crippen LogP contribution in [0.25, 0.3) is 32.9 Å². The number of anilines is 2. The summed E-state index contributed by atoms with van der Waals surface area (Å²) in [6.07, 6.45) is -3.18. The van der Waals surface area contributed by atoms with Gasteiger partial charge in [-0.1, -0.05) is 18.2 Å². The Kier molecular flexibility index (Phi) is 4.49. The van der Waals surface area contributed by atoms with Crippen LogP contribution in [0.15, 0.2) is 42.6 Å². The van der Waals surface area contributed by atoms with E-state index < -0.39 is 18.8 Å². The fourth-order valence-electron chi connectivity index (χ4n) is 3.45. The van der Waals surface area contributed by atoms with Crippen molar-refractivity contribution in [1.29, 1.82) is 0 Å². The summed E-state index contributed by atoms with van der Waals surface area (Å²) < 4.78 is 43.4. The number of ether oxygens (including phenoxy) is 1. The average molecular weight is 415 g/mol. The van der Waals surface area contributed by atoms with E-state index in [9.17, 15) is 18.0 Å². The molecule has 0 spiro atoms. The Morgan fingerprint density at radius 3 is 2.67 bits per heavy atom. The van der Waals surface area contributed by atoms with Crippen LogP contribution in [0.1, 0.15) is 5.56 Å². The first kappa shape index (κ1) is 19.5. The predicted molar refractivity (Wildman–Crippen MR) is 106 cm³/mol. The largest absolute Gasteiger partial charge is 0.490 e. The van der Waals surface area contributed by atoms with E-state index in [4.69, 9.17) is 11.5 Å². The number of nitrogen functional groups attached to an aromatic ring is 2. The Morgan fingerprint density at radius 1 is 1.17 bits per heavy atom. The van der Waals surface area contributed by atoms with Gasteiger partial charge < -0.3 is 20.8 Å². The first-order chi connectivity index (χ1) is 14.1. The third-order valence-corrected chi connectivity index (χ3v) is 4.70. The first-order valence-electron chi connectivity index (χ1n) is 8.79. The fourth-order valence-corrected chi connectivity index (χ4v) is 3.45. The van der Waals surface area contributed by atoms with Gasteiger partial charge in [-0.25, -0.2) is 9.78 Å². The minimum absolute atomic E-state index is 0.0362. The number of benzene rings is 2. The Labute approximate surface area is 168 Å². The zero-order chi connectivity index (χ0) is 21.6. The number of nitrogens with zero attached hydrogens (tertiary/aromatic N) is 3. The van der Waals surface area contributed by atoms with Crippen molar-refractivity contribution in [2.75, 3.05) is 11.5 Å². The van der Waals surface area contributed by atoms with E-state index >= 15 is 0 Å². The molecular formula is C20H16F3N5O2. The third kappa shape index (κ3) is 3.36. The quantitative estimate of drug-likeness (QED) is 0.495.